The normalized spacial score (nSPS) is 11.1. The maximum atomic E-state index is 12.4. The van der Waals surface area contributed by atoms with E-state index in [1.807, 2.05) is 26.0 Å². The molecule has 0 aliphatic heterocycles. The average Bonchev–Trinajstić information content (AvgIpc) is 3.40. The number of hydrazone groups is 1. The number of hydrogen-bond donors (Lipinski definition) is 2. The molecule has 2 aromatic heterocycles. The van der Waals surface area contributed by atoms with Gasteiger partial charge in [-0.1, -0.05) is 12.1 Å². The highest BCUT2D eigenvalue weighted by atomic mass is 16.4. The van der Waals surface area contributed by atoms with E-state index < -0.39 is 5.97 Å². The van der Waals surface area contributed by atoms with E-state index in [0.717, 1.165) is 17.1 Å². The van der Waals surface area contributed by atoms with Crippen molar-refractivity contribution in [2.75, 3.05) is 0 Å². The molecule has 1 amide bonds. The number of carboxylic acid groups (broad SMARTS) is 1. The van der Waals surface area contributed by atoms with Gasteiger partial charge in [0.2, 0.25) is 0 Å². The summed E-state index contributed by atoms with van der Waals surface area (Å²) in [6, 6.07) is 19.9. The number of nitrogens with zero attached hydrogens (tertiary/aromatic N) is 2. The van der Waals surface area contributed by atoms with Gasteiger partial charge in [0.25, 0.3) is 5.91 Å². The first-order valence-electron chi connectivity index (χ1n) is 10.4. The van der Waals surface area contributed by atoms with Crippen LogP contribution in [-0.2, 0) is 0 Å². The van der Waals surface area contributed by atoms with E-state index in [1.54, 1.807) is 49.4 Å². The van der Waals surface area contributed by atoms with Crippen LogP contribution in [-0.4, -0.2) is 27.8 Å². The molecule has 33 heavy (non-hydrogen) atoms. The fourth-order valence-electron chi connectivity index (χ4n) is 3.64. The monoisotopic (exact) mass is 441 g/mol. The van der Waals surface area contributed by atoms with Gasteiger partial charge >= 0.3 is 5.97 Å². The molecule has 0 bridgehead atoms. The molecule has 0 fully saturated rings. The molecule has 0 saturated carbocycles. The minimum Gasteiger partial charge on any atom is -0.478 e. The zero-order chi connectivity index (χ0) is 23.5. The van der Waals surface area contributed by atoms with Gasteiger partial charge < -0.3 is 14.1 Å². The molecule has 0 spiro atoms. The summed E-state index contributed by atoms with van der Waals surface area (Å²) < 4.78 is 7.83. The van der Waals surface area contributed by atoms with Crippen LogP contribution in [0, 0.1) is 20.8 Å². The van der Waals surface area contributed by atoms with E-state index in [9.17, 15) is 14.7 Å². The molecule has 0 saturated heterocycles. The standard InChI is InChI=1S/C26H23N3O4/c1-16-4-7-20(14-23(16)26(31)32)24-13-12-22(33-24)15-27-28-25(30)19-8-10-21(11-9-19)29-17(2)5-6-18(29)3/h4-15H,1-3H3,(H,28,30)(H,31,32)/b27-15-. The summed E-state index contributed by atoms with van der Waals surface area (Å²) in [5.41, 5.74) is 7.75. The summed E-state index contributed by atoms with van der Waals surface area (Å²) in [5, 5.41) is 13.3. The van der Waals surface area contributed by atoms with Crippen LogP contribution < -0.4 is 5.43 Å². The lowest BCUT2D eigenvalue weighted by Crippen LogP contribution is -2.17. The largest absolute Gasteiger partial charge is 0.478 e. The second-order valence-corrected chi connectivity index (χ2v) is 7.73. The summed E-state index contributed by atoms with van der Waals surface area (Å²) in [5.74, 6) is -0.389. The van der Waals surface area contributed by atoms with Crippen molar-refractivity contribution in [1.82, 2.24) is 9.99 Å². The van der Waals surface area contributed by atoms with Gasteiger partial charge in [0, 0.05) is 28.2 Å². The molecular formula is C26H23N3O4. The lowest BCUT2D eigenvalue weighted by Gasteiger charge is -2.09. The van der Waals surface area contributed by atoms with Gasteiger partial charge in [-0.05, 0) is 80.9 Å². The zero-order valence-corrected chi connectivity index (χ0v) is 18.5. The summed E-state index contributed by atoms with van der Waals surface area (Å²) in [6.07, 6.45) is 1.40. The number of aromatic carboxylic acids is 1. The predicted molar refractivity (Wildman–Crippen MR) is 126 cm³/mol. The fourth-order valence-corrected chi connectivity index (χ4v) is 3.64. The van der Waals surface area contributed by atoms with E-state index in [4.69, 9.17) is 4.42 Å². The van der Waals surface area contributed by atoms with Crippen molar-refractivity contribution in [3.63, 3.8) is 0 Å². The zero-order valence-electron chi connectivity index (χ0n) is 18.5. The second-order valence-electron chi connectivity index (χ2n) is 7.73. The molecule has 2 N–H and O–H groups in total. The van der Waals surface area contributed by atoms with Gasteiger partial charge in [-0.25, -0.2) is 10.2 Å². The number of benzene rings is 2. The Kier molecular flexibility index (Phi) is 5.95. The summed E-state index contributed by atoms with van der Waals surface area (Å²) in [7, 11) is 0. The third-order valence-corrected chi connectivity index (χ3v) is 5.40. The predicted octanol–water partition coefficient (Wildman–Crippen LogP) is 5.12. The molecule has 0 radical (unpaired) electrons. The third-order valence-electron chi connectivity index (χ3n) is 5.40. The number of furan rings is 1. The Bertz CT molecular complexity index is 1340. The molecule has 7 heteroatoms. The number of aryl methyl sites for hydroxylation is 3. The van der Waals surface area contributed by atoms with E-state index in [0.29, 0.717) is 28.2 Å². The molecule has 0 unspecified atom stereocenters. The van der Waals surface area contributed by atoms with Gasteiger partial charge in [0.1, 0.15) is 11.5 Å². The number of amides is 1. The van der Waals surface area contributed by atoms with Crippen LogP contribution in [0.4, 0.5) is 0 Å². The highest BCUT2D eigenvalue weighted by Crippen LogP contribution is 2.24. The van der Waals surface area contributed by atoms with Crippen molar-refractivity contribution in [3.8, 4) is 17.0 Å². The number of carbonyl (C=O) groups is 2. The van der Waals surface area contributed by atoms with Crippen molar-refractivity contribution in [3.05, 3.63) is 101 Å². The minimum absolute atomic E-state index is 0.222. The van der Waals surface area contributed by atoms with Gasteiger partial charge in [-0.2, -0.15) is 5.10 Å². The molecule has 4 rings (SSSR count). The first-order chi connectivity index (χ1) is 15.8. The van der Waals surface area contributed by atoms with Gasteiger partial charge in [0.05, 0.1) is 11.8 Å². The van der Waals surface area contributed by atoms with Crippen LogP contribution in [0.1, 0.15) is 43.4 Å². The van der Waals surface area contributed by atoms with Gasteiger partial charge in [-0.3, -0.25) is 4.79 Å². The third kappa shape index (κ3) is 4.62. The van der Waals surface area contributed by atoms with Crippen molar-refractivity contribution < 1.29 is 19.1 Å². The van der Waals surface area contributed by atoms with E-state index in [1.165, 1.54) is 6.21 Å². The Balaban J connectivity index is 1.42. The lowest BCUT2D eigenvalue weighted by atomic mass is 10.0. The maximum absolute atomic E-state index is 12.4. The first kappa shape index (κ1) is 21.8. The van der Waals surface area contributed by atoms with Crippen LogP contribution >= 0.6 is 0 Å². The quantitative estimate of drug-likeness (QED) is 0.320. The molecular weight excluding hydrogens is 418 g/mol. The molecule has 7 nitrogen and oxygen atoms in total. The fraction of sp³-hybridized carbons (Fsp3) is 0.115. The second kappa shape index (κ2) is 9.00. The molecule has 0 atom stereocenters. The highest BCUT2D eigenvalue weighted by molar-refractivity contribution is 5.95. The number of carboxylic acids is 1. The van der Waals surface area contributed by atoms with Crippen LogP contribution in [0.5, 0.6) is 0 Å². The maximum Gasteiger partial charge on any atom is 0.335 e. The van der Waals surface area contributed by atoms with Gasteiger partial charge in [0.15, 0.2) is 0 Å². The topological polar surface area (TPSA) is 96.8 Å². The SMILES string of the molecule is Cc1ccc(-c2ccc(/C=N\NC(=O)c3ccc(-n4c(C)ccc4C)cc3)o2)cc1C(=O)O. The van der Waals surface area contributed by atoms with Crippen LogP contribution in [0.3, 0.4) is 0 Å². The van der Waals surface area contributed by atoms with Crippen molar-refractivity contribution in [2.24, 2.45) is 5.10 Å². The van der Waals surface area contributed by atoms with Crippen LogP contribution in [0.25, 0.3) is 17.0 Å². The highest BCUT2D eigenvalue weighted by Gasteiger charge is 2.11. The van der Waals surface area contributed by atoms with Crippen molar-refractivity contribution in [1.29, 1.82) is 0 Å². The molecule has 2 aromatic carbocycles. The summed E-state index contributed by atoms with van der Waals surface area (Å²) in [6.45, 7) is 5.81. The minimum atomic E-state index is -0.989. The molecule has 0 aliphatic carbocycles. The van der Waals surface area contributed by atoms with E-state index in [-0.39, 0.29) is 11.5 Å². The smallest absolute Gasteiger partial charge is 0.335 e. The average molecular weight is 441 g/mol. The molecule has 2 heterocycles. The van der Waals surface area contributed by atoms with Crippen molar-refractivity contribution in [2.45, 2.75) is 20.8 Å². The molecule has 166 valence electrons. The van der Waals surface area contributed by atoms with E-state index in [2.05, 4.69) is 27.2 Å². The first-order valence-corrected chi connectivity index (χ1v) is 10.4. The number of carbonyl (C=O) groups excluding carboxylic acids is 1. The van der Waals surface area contributed by atoms with E-state index >= 15 is 0 Å². The summed E-state index contributed by atoms with van der Waals surface area (Å²) in [4.78, 5) is 23.8. The Morgan fingerprint density at radius 2 is 1.64 bits per heavy atom. The Labute approximate surface area is 191 Å². The van der Waals surface area contributed by atoms with Crippen LogP contribution in [0.2, 0.25) is 0 Å². The Morgan fingerprint density at radius 1 is 0.939 bits per heavy atom. The summed E-state index contributed by atoms with van der Waals surface area (Å²) >= 11 is 0. The lowest BCUT2D eigenvalue weighted by molar-refractivity contribution is 0.0696. The number of aromatic nitrogens is 1. The number of rotatable bonds is 6. The molecule has 0 aliphatic rings. The number of nitrogens with one attached hydrogen (secondary N) is 1. The van der Waals surface area contributed by atoms with Gasteiger partial charge in [-0.15, -0.1) is 0 Å². The number of hydrogen-bond acceptors (Lipinski definition) is 4. The van der Waals surface area contributed by atoms with Crippen molar-refractivity contribution >= 4 is 18.1 Å². The Morgan fingerprint density at radius 3 is 2.30 bits per heavy atom. The Hall–Kier alpha value is -4.39. The van der Waals surface area contributed by atoms with Crippen LogP contribution in [0.15, 0.2) is 76.2 Å². The molecule has 4 aromatic rings.